The summed E-state index contributed by atoms with van der Waals surface area (Å²) in [5, 5.41) is 7.60. The van der Waals surface area contributed by atoms with Gasteiger partial charge in [0.15, 0.2) is 0 Å². The van der Waals surface area contributed by atoms with Crippen molar-refractivity contribution >= 4 is 5.91 Å². The fourth-order valence-electron chi connectivity index (χ4n) is 2.49. The van der Waals surface area contributed by atoms with E-state index in [1.165, 1.54) is 4.90 Å². The van der Waals surface area contributed by atoms with Gasteiger partial charge in [-0.25, -0.2) is 4.68 Å². The molecular formula is C19H22N5O+. The van der Waals surface area contributed by atoms with Gasteiger partial charge in [-0.3, -0.25) is 9.78 Å². The zero-order valence-corrected chi connectivity index (χ0v) is 14.4. The third kappa shape index (κ3) is 4.10. The number of nitrogens with zero attached hydrogens (tertiary/aromatic N) is 3. The third-order valence-corrected chi connectivity index (χ3v) is 3.83. The summed E-state index contributed by atoms with van der Waals surface area (Å²) in [6, 6.07) is 13.5. The Hall–Kier alpha value is -2.99. The topological polar surface area (TPSA) is 64.2 Å². The van der Waals surface area contributed by atoms with Gasteiger partial charge >= 0.3 is 0 Å². The van der Waals surface area contributed by atoms with Crippen molar-refractivity contribution in [2.45, 2.75) is 0 Å². The molecule has 0 saturated heterocycles. The van der Waals surface area contributed by atoms with E-state index in [0.29, 0.717) is 17.8 Å². The highest BCUT2D eigenvalue weighted by Gasteiger charge is 2.18. The van der Waals surface area contributed by atoms with Crippen LogP contribution in [0.15, 0.2) is 61.1 Å². The van der Waals surface area contributed by atoms with E-state index < -0.39 is 0 Å². The number of hydrogen-bond acceptors (Lipinski definition) is 3. The van der Waals surface area contributed by atoms with Gasteiger partial charge < -0.3 is 10.2 Å². The van der Waals surface area contributed by atoms with E-state index >= 15 is 0 Å². The van der Waals surface area contributed by atoms with Gasteiger partial charge in [0.2, 0.25) is 0 Å². The van der Waals surface area contributed by atoms with Crippen LogP contribution < -0.4 is 10.2 Å². The van der Waals surface area contributed by atoms with Crippen molar-refractivity contribution in [3.05, 3.63) is 66.6 Å². The third-order valence-electron chi connectivity index (χ3n) is 3.83. The van der Waals surface area contributed by atoms with Gasteiger partial charge in [0.05, 0.1) is 38.4 Å². The summed E-state index contributed by atoms with van der Waals surface area (Å²) in [6.07, 6.45) is 5.20. The van der Waals surface area contributed by atoms with E-state index in [0.717, 1.165) is 17.8 Å². The van der Waals surface area contributed by atoms with Crippen molar-refractivity contribution in [1.82, 2.24) is 20.1 Å². The van der Waals surface area contributed by atoms with Crippen LogP contribution in [0.3, 0.4) is 0 Å². The number of amides is 1. The van der Waals surface area contributed by atoms with Gasteiger partial charge in [-0.05, 0) is 24.3 Å². The number of likely N-dealkylation sites (N-methyl/N-ethyl adjacent to an activating group) is 1. The van der Waals surface area contributed by atoms with E-state index in [4.69, 9.17) is 0 Å². The van der Waals surface area contributed by atoms with Crippen molar-refractivity contribution in [3.63, 3.8) is 0 Å². The first-order valence-corrected chi connectivity index (χ1v) is 8.28. The molecule has 128 valence electrons. The van der Waals surface area contributed by atoms with Gasteiger partial charge in [-0.2, -0.15) is 5.10 Å². The quantitative estimate of drug-likeness (QED) is 0.700. The number of aromatic nitrogens is 3. The van der Waals surface area contributed by atoms with E-state index in [2.05, 4.69) is 29.5 Å². The minimum absolute atomic E-state index is 0.123. The molecule has 1 aromatic carbocycles. The van der Waals surface area contributed by atoms with E-state index in [9.17, 15) is 4.79 Å². The highest BCUT2D eigenvalue weighted by molar-refractivity contribution is 5.99. The Morgan fingerprint density at radius 2 is 1.96 bits per heavy atom. The molecule has 3 rings (SSSR count). The van der Waals surface area contributed by atoms with Crippen molar-refractivity contribution in [1.29, 1.82) is 0 Å². The highest BCUT2D eigenvalue weighted by Crippen LogP contribution is 2.22. The molecule has 6 heteroatoms. The Balaban J connectivity index is 1.95. The van der Waals surface area contributed by atoms with Gasteiger partial charge in [-0.15, -0.1) is 0 Å². The molecule has 0 aliphatic heterocycles. The lowest BCUT2D eigenvalue weighted by Crippen LogP contribution is -3.06. The van der Waals surface area contributed by atoms with Crippen LogP contribution >= 0.6 is 0 Å². The largest absolute Gasteiger partial charge is 0.346 e. The maximum atomic E-state index is 12.7. The number of hydrogen-bond donors (Lipinski definition) is 2. The highest BCUT2D eigenvalue weighted by atomic mass is 16.1. The minimum Gasteiger partial charge on any atom is -0.346 e. The lowest BCUT2D eigenvalue weighted by atomic mass is 10.1. The zero-order chi connectivity index (χ0) is 17.6. The lowest BCUT2D eigenvalue weighted by Gasteiger charge is -2.08. The zero-order valence-electron chi connectivity index (χ0n) is 14.4. The molecule has 0 fully saturated rings. The summed E-state index contributed by atoms with van der Waals surface area (Å²) in [6.45, 7) is 1.48. The number of pyridine rings is 1. The van der Waals surface area contributed by atoms with E-state index in [1.807, 2.05) is 42.5 Å². The molecule has 0 unspecified atom stereocenters. The van der Waals surface area contributed by atoms with Crippen LogP contribution in [-0.4, -0.2) is 47.9 Å². The number of carbonyl (C=O) groups excluding carboxylic acids is 1. The summed E-state index contributed by atoms with van der Waals surface area (Å²) in [4.78, 5) is 18.1. The van der Waals surface area contributed by atoms with Crippen molar-refractivity contribution in [2.24, 2.45) is 0 Å². The number of carbonyl (C=O) groups is 1. The number of para-hydroxylation sites is 1. The van der Waals surface area contributed by atoms with Crippen LogP contribution in [0.25, 0.3) is 16.9 Å². The molecule has 0 radical (unpaired) electrons. The number of rotatable bonds is 6. The fraction of sp³-hybridized carbons (Fsp3) is 0.211. The molecule has 0 saturated carbocycles. The Morgan fingerprint density at radius 1 is 1.16 bits per heavy atom. The molecule has 0 spiro atoms. The SMILES string of the molecule is C[NH+](C)CCNC(=O)c1cn(-c2ccccc2)nc1-c1cccnc1. The first-order valence-electron chi connectivity index (χ1n) is 8.28. The smallest absolute Gasteiger partial charge is 0.255 e. The Morgan fingerprint density at radius 3 is 2.64 bits per heavy atom. The molecule has 0 atom stereocenters. The van der Waals surface area contributed by atoms with Gasteiger partial charge in [-0.1, -0.05) is 18.2 Å². The van der Waals surface area contributed by atoms with Crippen LogP contribution in [0.2, 0.25) is 0 Å². The van der Waals surface area contributed by atoms with Gasteiger partial charge in [0.1, 0.15) is 5.69 Å². The molecule has 3 aromatic rings. The molecule has 25 heavy (non-hydrogen) atoms. The predicted molar refractivity (Wildman–Crippen MR) is 96.8 cm³/mol. The molecule has 0 aliphatic rings. The van der Waals surface area contributed by atoms with Crippen LogP contribution in [-0.2, 0) is 0 Å². The average Bonchev–Trinajstić information content (AvgIpc) is 3.08. The first-order chi connectivity index (χ1) is 12.1. The monoisotopic (exact) mass is 336 g/mol. The maximum Gasteiger partial charge on any atom is 0.255 e. The Kier molecular flexibility index (Phi) is 5.20. The second-order valence-electron chi connectivity index (χ2n) is 6.13. The fourth-order valence-corrected chi connectivity index (χ4v) is 2.49. The summed E-state index contributed by atoms with van der Waals surface area (Å²) in [5.74, 6) is -0.123. The molecule has 2 aromatic heterocycles. The molecule has 2 heterocycles. The average molecular weight is 336 g/mol. The lowest BCUT2D eigenvalue weighted by molar-refractivity contribution is -0.856. The molecule has 1 amide bonds. The van der Waals surface area contributed by atoms with Crippen LogP contribution in [0.1, 0.15) is 10.4 Å². The van der Waals surface area contributed by atoms with Crippen LogP contribution in [0.4, 0.5) is 0 Å². The maximum absolute atomic E-state index is 12.7. The molecule has 2 N–H and O–H groups in total. The number of benzene rings is 1. The second kappa shape index (κ2) is 7.72. The molecule has 0 aliphatic carbocycles. The second-order valence-corrected chi connectivity index (χ2v) is 6.13. The minimum atomic E-state index is -0.123. The van der Waals surface area contributed by atoms with Crippen molar-refractivity contribution in [2.75, 3.05) is 27.2 Å². The summed E-state index contributed by atoms with van der Waals surface area (Å²) in [7, 11) is 4.11. The number of quaternary nitrogens is 1. The predicted octanol–water partition coefficient (Wildman–Crippen LogP) is 0.809. The standard InChI is InChI=1S/C19H21N5O/c1-23(2)12-11-21-19(25)17-14-24(16-8-4-3-5-9-16)22-18(17)15-7-6-10-20-13-15/h3-10,13-14H,11-12H2,1-2H3,(H,21,25)/p+1. The van der Waals surface area contributed by atoms with Gasteiger partial charge in [0, 0.05) is 24.2 Å². The molecule has 6 nitrogen and oxygen atoms in total. The van der Waals surface area contributed by atoms with E-state index in [1.54, 1.807) is 23.3 Å². The summed E-state index contributed by atoms with van der Waals surface area (Å²) < 4.78 is 1.73. The summed E-state index contributed by atoms with van der Waals surface area (Å²) >= 11 is 0. The van der Waals surface area contributed by atoms with Crippen LogP contribution in [0, 0.1) is 0 Å². The Labute approximate surface area is 147 Å². The van der Waals surface area contributed by atoms with E-state index in [-0.39, 0.29) is 5.91 Å². The van der Waals surface area contributed by atoms with Crippen LogP contribution in [0.5, 0.6) is 0 Å². The number of nitrogens with one attached hydrogen (secondary N) is 2. The molecule has 0 bridgehead atoms. The normalized spacial score (nSPS) is 10.8. The summed E-state index contributed by atoms with van der Waals surface area (Å²) in [5.41, 5.74) is 2.90. The molecular weight excluding hydrogens is 314 g/mol. The van der Waals surface area contributed by atoms with Crippen molar-refractivity contribution in [3.8, 4) is 16.9 Å². The van der Waals surface area contributed by atoms with Crippen molar-refractivity contribution < 1.29 is 9.69 Å². The van der Waals surface area contributed by atoms with Gasteiger partial charge in [0.25, 0.3) is 5.91 Å². The first kappa shape index (κ1) is 16.9. The Bertz CT molecular complexity index is 828.